The van der Waals surface area contributed by atoms with E-state index in [0.717, 1.165) is 17.8 Å². The highest BCUT2D eigenvalue weighted by Crippen LogP contribution is 2.26. The third-order valence-electron chi connectivity index (χ3n) is 5.08. The minimum absolute atomic E-state index is 0.0867. The Labute approximate surface area is 166 Å². The number of carbonyl (C=O) groups is 3. The van der Waals surface area contributed by atoms with Gasteiger partial charge in [0, 0.05) is 4.88 Å². The van der Waals surface area contributed by atoms with Gasteiger partial charge >= 0.3 is 6.03 Å². The average molecular weight is 402 g/mol. The molecular weight excluding hydrogens is 380 g/mol. The van der Waals surface area contributed by atoms with E-state index >= 15 is 0 Å². The molecule has 0 bridgehead atoms. The predicted octanol–water partition coefficient (Wildman–Crippen LogP) is 1.54. The average Bonchev–Trinajstić information content (AvgIpc) is 3.41. The molecule has 2 unspecified atom stereocenters. The van der Waals surface area contributed by atoms with Crippen molar-refractivity contribution in [1.82, 2.24) is 20.4 Å². The van der Waals surface area contributed by atoms with Gasteiger partial charge in [-0.3, -0.25) is 14.5 Å². The fourth-order valence-corrected chi connectivity index (χ4v) is 4.41. The number of piperidine rings is 1. The van der Waals surface area contributed by atoms with Crippen LogP contribution in [0.1, 0.15) is 23.5 Å². The third-order valence-corrected chi connectivity index (χ3v) is 5.94. The summed E-state index contributed by atoms with van der Waals surface area (Å²) in [6.07, 6.45) is 3.10. The van der Waals surface area contributed by atoms with Gasteiger partial charge in [-0.1, -0.05) is 6.07 Å². The van der Waals surface area contributed by atoms with Gasteiger partial charge in [-0.15, -0.1) is 11.3 Å². The summed E-state index contributed by atoms with van der Waals surface area (Å²) < 4.78 is 5.21. The Kier molecular flexibility index (Phi) is 5.45. The molecule has 2 aliphatic rings. The Balaban J connectivity index is 1.48. The van der Waals surface area contributed by atoms with Gasteiger partial charge in [0.15, 0.2) is 0 Å². The molecule has 8 nitrogen and oxygen atoms in total. The Bertz CT molecular complexity index is 836. The Morgan fingerprint density at radius 1 is 1.32 bits per heavy atom. The van der Waals surface area contributed by atoms with E-state index in [9.17, 15) is 14.4 Å². The summed E-state index contributed by atoms with van der Waals surface area (Å²) in [5.41, 5.74) is 0. The van der Waals surface area contributed by atoms with Crippen molar-refractivity contribution in [3.05, 3.63) is 46.5 Å². The van der Waals surface area contributed by atoms with Crippen LogP contribution in [0.25, 0.3) is 0 Å². The molecule has 0 aliphatic carbocycles. The maximum atomic E-state index is 13.1. The Morgan fingerprint density at radius 2 is 2.21 bits per heavy atom. The minimum atomic E-state index is -0.468. The number of hydrogen-bond donors (Lipinski definition) is 2. The maximum absolute atomic E-state index is 13.1. The summed E-state index contributed by atoms with van der Waals surface area (Å²) in [5, 5.41) is 7.91. The Morgan fingerprint density at radius 3 is 2.96 bits per heavy atom. The zero-order valence-corrected chi connectivity index (χ0v) is 16.1. The number of imide groups is 1. The van der Waals surface area contributed by atoms with Crippen LogP contribution in [0.2, 0.25) is 0 Å². The zero-order chi connectivity index (χ0) is 19.5. The molecule has 2 atom stereocenters. The van der Waals surface area contributed by atoms with Crippen molar-refractivity contribution in [2.24, 2.45) is 0 Å². The number of amides is 4. The molecule has 0 saturated carbocycles. The van der Waals surface area contributed by atoms with Gasteiger partial charge in [-0.05, 0) is 43.0 Å². The highest BCUT2D eigenvalue weighted by atomic mass is 32.1. The van der Waals surface area contributed by atoms with Crippen LogP contribution >= 0.6 is 11.3 Å². The van der Waals surface area contributed by atoms with Gasteiger partial charge in [0.05, 0.1) is 25.4 Å². The molecule has 0 aromatic carbocycles. The quantitative estimate of drug-likeness (QED) is 0.764. The second kappa shape index (κ2) is 8.15. The number of fused-ring (bicyclic) bond motifs is 1. The van der Waals surface area contributed by atoms with Crippen molar-refractivity contribution in [3.8, 4) is 0 Å². The van der Waals surface area contributed by atoms with Crippen LogP contribution in [0.3, 0.4) is 0 Å². The SMILES string of the molecule is O=C(CN1C(=O)N(Cc2cccs2)C(=O)C2NCCCC21)NCc1ccco1. The van der Waals surface area contributed by atoms with E-state index in [2.05, 4.69) is 10.6 Å². The van der Waals surface area contributed by atoms with Crippen LogP contribution in [0.4, 0.5) is 4.79 Å². The summed E-state index contributed by atoms with van der Waals surface area (Å²) in [7, 11) is 0. The lowest BCUT2D eigenvalue weighted by Crippen LogP contribution is -2.70. The van der Waals surface area contributed by atoms with Crippen molar-refractivity contribution in [1.29, 1.82) is 0 Å². The standard InChI is InChI=1S/C19H22N4O4S/c24-16(21-10-13-4-2-8-27-13)12-22-15-6-1-7-20-17(15)18(25)23(19(22)26)11-14-5-3-9-28-14/h2-5,8-9,15,17,20H,1,6-7,10-12H2,(H,21,24). The summed E-state index contributed by atoms with van der Waals surface area (Å²) in [6, 6.07) is 6.13. The van der Waals surface area contributed by atoms with Crippen LogP contribution in [0.15, 0.2) is 40.3 Å². The third kappa shape index (κ3) is 3.81. The number of furan rings is 1. The summed E-state index contributed by atoms with van der Waals surface area (Å²) >= 11 is 1.50. The van der Waals surface area contributed by atoms with Crippen LogP contribution in [-0.4, -0.2) is 52.8 Å². The van der Waals surface area contributed by atoms with Gasteiger partial charge in [-0.25, -0.2) is 4.79 Å². The lowest BCUT2D eigenvalue weighted by atomic mass is 9.93. The molecule has 9 heteroatoms. The first-order chi connectivity index (χ1) is 13.6. The minimum Gasteiger partial charge on any atom is -0.467 e. The Hall–Kier alpha value is -2.65. The molecule has 148 valence electrons. The monoisotopic (exact) mass is 402 g/mol. The first-order valence-electron chi connectivity index (χ1n) is 9.30. The van der Waals surface area contributed by atoms with Crippen molar-refractivity contribution in [3.63, 3.8) is 0 Å². The van der Waals surface area contributed by atoms with E-state index in [1.165, 1.54) is 21.1 Å². The van der Waals surface area contributed by atoms with Gasteiger partial charge < -0.3 is 20.0 Å². The van der Waals surface area contributed by atoms with Crippen LogP contribution in [-0.2, 0) is 22.7 Å². The second-order valence-corrected chi connectivity index (χ2v) is 7.94. The molecule has 2 aliphatic heterocycles. The topological polar surface area (TPSA) is 94.9 Å². The highest BCUT2D eigenvalue weighted by Gasteiger charge is 2.47. The largest absolute Gasteiger partial charge is 0.467 e. The van der Waals surface area contributed by atoms with E-state index in [0.29, 0.717) is 12.2 Å². The first-order valence-corrected chi connectivity index (χ1v) is 10.2. The molecule has 2 saturated heterocycles. The van der Waals surface area contributed by atoms with Crippen molar-refractivity contribution in [2.45, 2.75) is 38.0 Å². The predicted molar refractivity (Wildman–Crippen MR) is 102 cm³/mol. The first kappa shape index (κ1) is 18.7. The molecule has 2 aromatic rings. The number of thiophene rings is 1. The molecule has 28 heavy (non-hydrogen) atoms. The smallest absolute Gasteiger partial charge is 0.327 e. The molecular formula is C19H22N4O4S. The number of hydrogen-bond acceptors (Lipinski definition) is 6. The summed E-state index contributed by atoms with van der Waals surface area (Å²) in [6.45, 7) is 1.13. The lowest BCUT2D eigenvalue weighted by Gasteiger charge is -2.46. The van der Waals surface area contributed by atoms with Gasteiger partial charge in [0.25, 0.3) is 0 Å². The van der Waals surface area contributed by atoms with Crippen molar-refractivity contribution in [2.75, 3.05) is 13.1 Å². The molecule has 0 spiro atoms. The number of carbonyl (C=O) groups excluding carboxylic acids is 3. The van der Waals surface area contributed by atoms with Crippen LogP contribution < -0.4 is 10.6 Å². The molecule has 4 rings (SSSR count). The number of nitrogens with zero attached hydrogens (tertiary/aromatic N) is 2. The number of nitrogens with one attached hydrogen (secondary N) is 2. The second-order valence-electron chi connectivity index (χ2n) is 6.91. The molecule has 2 aromatic heterocycles. The fraction of sp³-hybridized carbons (Fsp3) is 0.421. The molecule has 4 amide bonds. The highest BCUT2D eigenvalue weighted by molar-refractivity contribution is 7.09. The van der Waals surface area contributed by atoms with E-state index in [4.69, 9.17) is 4.42 Å². The van der Waals surface area contributed by atoms with Gasteiger partial charge in [0.2, 0.25) is 11.8 Å². The van der Waals surface area contributed by atoms with E-state index in [1.54, 1.807) is 18.4 Å². The lowest BCUT2D eigenvalue weighted by molar-refractivity contribution is -0.139. The molecule has 0 radical (unpaired) electrons. The van der Waals surface area contributed by atoms with Crippen LogP contribution in [0.5, 0.6) is 0 Å². The van der Waals surface area contributed by atoms with E-state index in [1.807, 2.05) is 17.5 Å². The maximum Gasteiger partial charge on any atom is 0.327 e. The number of urea groups is 1. The van der Waals surface area contributed by atoms with Gasteiger partial charge in [0.1, 0.15) is 18.3 Å². The van der Waals surface area contributed by atoms with E-state index in [-0.39, 0.29) is 37.5 Å². The van der Waals surface area contributed by atoms with Crippen molar-refractivity contribution < 1.29 is 18.8 Å². The summed E-state index contributed by atoms with van der Waals surface area (Å²) in [5.74, 6) is 0.153. The number of rotatable bonds is 6. The van der Waals surface area contributed by atoms with E-state index < -0.39 is 12.1 Å². The van der Waals surface area contributed by atoms with Crippen molar-refractivity contribution >= 4 is 29.2 Å². The molecule has 2 N–H and O–H groups in total. The fourth-order valence-electron chi connectivity index (χ4n) is 3.72. The van der Waals surface area contributed by atoms with Gasteiger partial charge in [-0.2, -0.15) is 0 Å². The molecule has 2 fully saturated rings. The summed E-state index contributed by atoms with van der Waals surface area (Å²) in [4.78, 5) is 42.2. The normalized spacial score (nSPS) is 22.3. The van der Waals surface area contributed by atoms with Crippen LogP contribution in [0, 0.1) is 0 Å². The zero-order valence-electron chi connectivity index (χ0n) is 15.3. The molecule has 4 heterocycles.